The maximum Gasteiger partial charge on any atom is 0.268 e. The van der Waals surface area contributed by atoms with Crippen molar-refractivity contribution in [3.63, 3.8) is 0 Å². The van der Waals surface area contributed by atoms with Gasteiger partial charge in [0.25, 0.3) is 5.91 Å². The van der Waals surface area contributed by atoms with E-state index in [0.717, 1.165) is 31.6 Å². The van der Waals surface area contributed by atoms with E-state index in [-0.39, 0.29) is 5.91 Å². The maximum atomic E-state index is 13.1. The summed E-state index contributed by atoms with van der Waals surface area (Å²) in [4.78, 5) is 15.0. The van der Waals surface area contributed by atoms with E-state index in [9.17, 15) is 4.79 Å². The first kappa shape index (κ1) is 16.8. The van der Waals surface area contributed by atoms with E-state index in [1.807, 2.05) is 35.2 Å². The van der Waals surface area contributed by atoms with Crippen molar-refractivity contribution in [1.82, 2.24) is 10.2 Å². The first-order valence-corrected chi connectivity index (χ1v) is 8.58. The third-order valence-corrected chi connectivity index (χ3v) is 4.30. The predicted octanol–water partition coefficient (Wildman–Crippen LogP) is 3.28. The molecule has 5 heteroatoms. The minimum Gasteiger partial charge on any atom is -0.476 e. The topological polar surface area (TPSA) is 41.6 Å². The number of carbonyl (C=O) groups excluding carboxylic acids is 1. The van der Waals surface area contributed by atoms with E-state index >= 15 is 0 Å². The second-order valence-corrected chi connectivity index (χ2v) is 6.23. The van der Waals surface area contributed by atoms with Crippen LogP contribution in [0.5, 0.6) is 5.75 Å². The molecule has 0 saturated carbocycles. The van der Waals surface area contributed by atoms with E-state index in [0.29, 0.717) is 17.3 Å². The van der Waals surface area contributed by atoms with Gasteiger partial charge in [-0.2, -0.15) is 0 Å². The van der Waals surface area contributed by atoms with E-state index in [1.54, 1.807) is 24.3 Å². The van der Waals surface area contributed by atoms with Crippen LogP contribution in [0.1, 0.15) is 18.1 Å². The highest BCUT2D eigenvalue weighted by Crippen LogP contribution is 2.25. The van der Waals surface area contributed by atoms with Gasteiger partial charge in [0, 0.05) is 30.2 Å². The summed E-state index contributed by atoms with van der Waals surface area (Å²) in [6, 6.07) is 16.7. The lowest BCUT2D eigenvalue weighted by molar-refractivity contribution is -0.138. The van der Waals surface area contributed by atoms with E-state index in [1.165, 1.54) is 0 Å². The van der Waals surface area contributed by atoms with Crippen molar-refractivity contribution >= 4 is 17.5 Å². The lowest BCUT2D eigenvalue weighted by atomic mass is 10.1. The van der Waals surface area contributed by atoms with Crippen LogP contribution >= 0.6 is 11.6 Å². The summed E-state index contributed by atoms with van der Waals surface area (Å²) in [6.45, 7) is 3.21. The molecule has 0 aliphatic carbocycles. The van der Waals surface area contributed by atoms with Crippen molar-refractivity contribution < 1.29 is 9.53 Å². The third kappa shape index (κ3) is 4.28. The van der Waals surface area contributed by atoms with Crippen LogP contribution in [0.15, 0.2) is 54.6 Å². The van der Waals surface area contributed by atoms with Crippen LogP contribution < -0.4 is 10.1 Å². The van der Waals surface area contributed by atoms with Gasteiger partial charge in [-0.15, -0.1) is 0 Å². The number of ether oxygens (including phenoxy) is 1. The largest absolute Gasteiger partial charge is 0.476 e. The summed E-state index contributed by atoms with van der Waals surface area (Å²) in [5.74, 6) is 0.634. The highest BCUT2D eigenvalue weighted by atomic mass is 35.5. The lowest BCUT2D eigenvalue weighted by Crippen LogP contribution is -2.39. The molecule has 1 amide bonds. The van der Waals surface area contributed by atoms with Gasteiger partial charge in [0.1, 0.15) is 5.75 Å². The molecule has 3 rings (SSSR count). The Balaban J connectivity index is 1.83. The maximum absolute atomic E-state index is 13.1. The summed E-state index contributed by atoms with van der Waals surface area (Å²) >= 11 is 5.93. The molecule has 1 N–H and O–H groups in total. The molecule has 1 unspecified atom stereocenters. The first-order valence-electron chi connectivity index (χ1n) is 8.21. The fraction of sp³-hybridized carbons (Fsp3) is 0.316. The molecular weight excluding hydrogens is 324 g/mol. The minimum atomic E-state index is -0.648. The Morgan fingerprint density at radius 3 is 2.54 bits per heavy atom. The standard InChI is InChI=1S/C19H21ClN2O2/c20-16-7-9-17(10-8-16)24-18(15-5-2-1-3-6-15)19(23)22-13-4-11-21-12-14-22/h1-3,5-10,18,21H,4,11-14H2. The van der Waals surface area contributed by atoms with Gasteiger partial charge >= 0.3 is 0 Å². The Morgan fingerprint density at radius 2 is 1.79 bits per heavy atom. The summed E-state index contributed by atoms with van der Waals surface area (Å²) in [6.07, 6.45) is 0.305. The molecule has 4 nitrogen and oxygen atoms in total. The smallest absolute Gasteiger partial charge is 0.268 e. The normalized spacial score (nSPS) is 16.3. The number of hydrogen-bond acceptors (Lipinski definition) is 3. The Hall–Kier alpha value is -2.04. The molecule has 1 heterocycles. The molecule has 24 heavy (non-hydrogen) atoms. The highest BCUT2D eigenvalue weighted by molar-refractivity contribution is 6.30. The quantitative estimate of drug-likeness (QED) is 0.925. The van der Waals surface area contributed by atoms with Crippen molar-refractivity contribution in [2.75, 3.05) is 26.2 Å². The molecule has 0 spiro atoms. The fourth-order valence-corrected chi connectivity index (χ4v) is 2.90. The highest BCUT2D eigenvalue weighted by Gasteiger charge is 2.28. The molecule has 1 atom stereocenters. The van der Waals surface area contributed by atoms with Crippen LogP contribution in [-0.2, 0) is 4.79 Å². The second kappa shape index (κ2) is 8.18. The molecule has 0 bridgehead atoms. The van der Waals surface area contributed by atoms with E-state index < -0.39 is 6.10 Å². The Bertz CT molecular complexity index is 653. The molecule has 1 saturated heterocycles. The zero-order valence-corrected chi connectivity index (χ0v) is 14.2. The molecule has 1 aliphatic heterocycles. The SMILES string of the molecule is O=C(C(Oc1ccc(Cl)cc1)c1ccccc1)N1CCCNCC1. The minimum absolute atomic E-state index is 0.000139. The van der Waals surface area contributed by atoms with Crippen molar-refractivity contribution in [2.24, 2.45) is 0 Å². The average Bonchev–Trinajstić information content (AvgIpc) is 2.91. The number of benzene rings is 2. The molecule has 126 valence electrons. The van der Waals surface area contributed by atoms with Crippen LogP contribution in [0.3, 0.4) is 0 Å². The van der Waals surface area contributed by atoms with Gasteiger partial charge in [0.2, 0.25) is 6.10 Å². The number of amides is 1. The molecule has 2 aromatic carbocycles. The monoisotopic (exact) mass is 344 g/mol. The number of hydrogen-bond donors (Lipinski definition) is 1. The zero-order chi connectivity index (χ0) is 16.8. The van der Waals surface area contributed by atoms with E-state index in [2.05, 4.69) is 5.32 Å². The summed E-state index contributed by atoms with van der Waals surface area (Å²) < 4.78 is 6.04. The molecule has 1 fully saturated rings. The molecule has 2 aromatic rings. The zero-order valence-electron chi connectivity index (χ0n) is 13.5. The van der Waals surface area contributed by atoms with Crippen LogP contribution in [0.25, 0.3) is 0 Å². The van der Waals surface area contributed by atoms with Gasteiger partial charge in [0.15, 0.2) is 0 Å². The molecule has 0 aromatic heterocycles. The summed E-state index contributed by atoms with van der Waals surface area (Å²) in [7, 11) is 0. The van der Waals surface area contributed by atoms with Crippen molar-refractivity contribution in [3.8, 4) is 5.75 Å². The van der Waals surface area contributed by atoms with Crippen molar-refractivity contribution in [1.29, 1.82) is 0 Å². The van der Waals surface area contributed by atoms with Gasteiger partial charge in [0.05, 0.1) is 0 Å². The first-order chi connectivity index (χ1) is 11.7. The van der Waals surface area contributed by atoms with Crippen LogP contribution in [0.2, 0.25) is 5.02 Å². The molecular formula is C19H21ClN2O2. The fourth-order valence-electron chi connectivity index (χ4n) is 2.77. The predicted molar refractivity (Wildman–Crippen MR) is 95.3 cm³/mol. The number of carbonyl (C=O) groups is 1. The number of nitrogens with zero attached hydrogens (tertiary/aromatic N) is 1. The average molecular weight is 345 g/mol. The van der Waals surface area contributed by atoms with Gasteiger partial charge in [-0.25, -0.2) is 0 Å². The van der Waals surface area contributed by atoms with Gasteiger partial charge in [-0.3, -0.25) is 4.79 Å². The Morgan fingerprint density at radius 1 is 1.04 bits per heavy atom. The van der Waals surface area contributed by atoms with Gasteiger partial charge in [-0.05, 0) is 37.2 Å². The summed E-state index contributed by atoms with van der Waals surface area (Å²) in [5.41, 5.74) is 0.856. The van der Waals surface area contributed by atoms with Crippen molar-refractivity contribution in [3.05, 3.63) is 65.2 Å². The lowest BCUT2D eigenvalue weighted by Gasteiger charge is -2.26. The molecule has 0 radical (unpaired) electrons. The van der Waals surface area contributed by atoms with Crippen molar-refractivity contribution in [2.45, 2.75) is 12.5 Å². The van der Waals surface area contributed by atoms with Crippen LogP contribution in [0.4, 0.5) is 0 Å². The Kier molecular flexibility index (Phi) is 5.72. The number of halogens is 1. The summed E-state index contributed by atoms with van der Waals surface area (Å²) in [5, 5.41) is 3.96. The number of nitrogens with one attached hydrogen (secondary N) is 1. The second-order valence-electron chi connectivity index (χ2n) is 5.79. The third-order valence-electron chi connectivity index (χ3n) is 4.05. The van der Waals surface area contributed by atoms with Crippen LogP contribution in [0, 0.1) is 0 Å². The van der Waals surface area contributed by atoms with Gasteiger partial charge in [-0.1, -0.05) is 41.9 Å². The van der Waals surface area contributed by atoms with E-state index in [4.69, 9.17) is 16.3 Å². The van der Waals surface area contributed by atoms with Gasteiger partial charge < -0.3 is 15.0 Å². The molecule has 1 aliphatic rings. The van der Waals surface area contributed by atoms with Crippen LogP contribution in [-0.4, -0.2) is 37.0 Å². The number of rotatable bonds is 4. The Labute approximate surface area is 147 Å².